The van der Waals surface area contributed by atoms with Crippen LogP contribution in [0.25, 0.3) is 0 Å². The van der Waals surface area contributed by atoms with Crippen LogP contribution in [0, 0.1) is 0 Å². The summed E-state index contributed by atoms with van der Waals surface area (Å²) in [4.78, 5) is 12.1. The van der Waals surface area contributed by atoms with Crippen molar-refractivity contribution in [1.29, 1.82) is 0 Å². The number of carbonyl (C=O) groups is 1. The first-order valence-electron chi connectivity index (χ1n) is 5.94. The lowest BCUT2D eigenvalue weighted by atomic mass is 10.1. The Morgan fingerprint density at radius 1 is 1.40 bits per heavy atom. The van der Waals surface area contributed by atoms with E-state index in [4.69, 9.17) is 15.2 Å². The van der Waals surface area contributed by atoms with Crippen molar-refractivity contribution < 1.29 is 22.7 Å². The van der Waals surface area contributed by atoms with Crippen molar-refractivity contribution in [3.8, 4) is 11.5 Å². The van der Waals surface area contributed by atoms with Gasteiger partial charge in [0, 0.05) is 24.1 Å². The van der Waals surface area contributed by atoms with E-state index < -0.39 is 21.8 Å². The molecule has 0 saturated heterocycles. The van der Waals surface area contributed by atoms with Crippen molar-refractivity contribution in [3.63, 3.8) is 0 Å². The van der Waals surface area contributed by atoms with Crippen LogP contribution in [0.5, 0.6) is 11.5 Å². The van der Waals surface area contributed by atoms with Gasteiger partial charge in [0.1, 0.15) is 9.84 Å². The zero-order valence-corrected chi connectivity index (χ0v) is 12.0. The molecule has 0 aliphatic carbocycles. The molecule has 1 atom stereocenters. The SMILES string of the molecule is CC(CS(C)(=O)=O)NC(=O)c1cc2c(cc1N)OCO2. The summed E-state index contributed by atoms with van der Waals surface area (Å²) in [5.41, 5.74) is 6.26. The van der Waals surface area contributed by atoms with E-state index in [1.54, 1.807) is 6.92 Å². The highest BCUT2D eigenvalue weighted by Crippen LogP contribution is 2.35. The maximum absolute atomic E-state index is 12.1. The fraction of sp³-hybridized carbons (Fsp3) is 0.417. The largest absolute Gasteiger partial charge is 0.454 e. The average Bonchev–Trinajstić information content (AvgIpc) is 2.71. The monoisotopic (exact) mass is 300 g/mol. The van der Waals surface area contributed by atoms with Crippen molar-refractivity contribution in [2.45, 2.75) is 13.0 Å². The third-order valence-corrected chi connectivity index (χ3v) is 3.83. The second-order valence-electron chi connectivity index (χ2n) is 4.76. The molecule has 0 radical (unpaired) electrons. The number of nitrogens with two attached hydrogens (primary N) is 1. The number of nitrogens with one attached hydrogen (secondary N) is 1. The highest BCUT2D eigenvalue weighted by atomic mass is 32.2. The van der Waals surface area contributed by atoms with Gasteiger partial charge in [-0.15, -0.1) is 0 Å². The normalized spacial score (nSPS) is 14.9. The first-order valence-corrected chi connectivity index (χ1v) is 8.00. The maximum atomic E-state index is 12.1. The molecule has 1 unspecified atom stereocenters. The molecule has 20 heavy (non-hydrogen) atoms. The van der Waals surface area contributed by atoms with Crippen LogP contribution in [0.1, 0.15) is 17.3 Å². The molecule has 0 saturated carbocycles. The first-order chi connectivity index (χ1) is 9.26. The summed E-state index contributed by atoms with van der Waals surface area (Å²) in [5, 5.41) is 2.59. The Labute approximate surface area is 117 Å². The average molecular weight is 300 g/mol. The molecule has 1 heterocycles. The molecule has 0 fully saturated rings. The Bertz CT molecular complexity index is 641. The number of rotatable bonds is 4. The number of hydrogen-bond acceptors (Lipinski definition) is 6. The van der Waals surface area contributed by atoms with Gasteiger partial charge < -0.3 is 20.5 Å². The van der Waals surface area contributed by atoms with E-state index >= 15 is 0 Å². The molecule has 1 aliphatic heterocycles. The zero-order chi connectivity index (χ0) is 14.9. The Hall–Kier alpha value is -1.96. The maximum Gasteiger partial charge on any atom is 0.253 e. The van der Waals surface area contributed by atoms with E-state index in [1.807, 2.05) is 0 Å². The number of benzene rings is 1. The van der Waals surface area contributed by atoms with Crippen LogP contribution in [0.15, 0.2) is 12.1 Å². The van der Waals surface area contributed by atoms with E-state index in [1.165, 1.54) is 12.1 Å². The Morgan fingerprint density at radius 3 is 2.60 bits per heavy atom. The molecular weight excluding hydrogens is 284 g/mol. The number of ether oxygens (including phenoxy) is 2. The van der Waals surface area contributed by atoms with E-state index in [0.29, 0.717) is 11.5 Å². The molecule has 0 spiro atoms. The summed E-state index contributed by atoms with van der Waals surface area (Å²) in [6.07, 6.45) is 1.12. The van der Waals surface area contributed by atoms with E-state index in [2.05, 4.69) is 5.32 Å². The first kappa shape index (κ1) is 14.4. The van der Waals surface area contributed by atoms with Gasteiger partial charge in [-0.2, -0.15) is 0 Å². The smallest absolute Gasteiger partial charge is 0.253 e. The van der Waals surface area contributed by atoms with Crippen molar-refractivity contribution in [3.05, 3.63) is 17.7 Å². The molecule has 3 N–H and O–H groups in total. The van der Waals surface area contributed by atoms with Gasteiger partial charge >= 0.3 is 0 Å². The number of amides is 1. The third kappa shape index (κ3) is 3.32. The third-order valence-electron chi connectivity index (χ3n) is 2.72. The molecule has 0 bridgehead atoms. The van der Waals surface area contributed by atoms with Crippen molar-refractivity contribution in [2.75, 3.05) is 24.5 Å². The predicted octanol–water partition coefficient (Wildman–Crippen LogP) is 0.160. The van der Waals surface area contributed by atoms with Crippen molar-refractivity contribution in [2.24, 2.45) is 0 Å². The van der Waals surface area contributed by atoms with Gasteiger partial charge in [0.15, 0.2) is 11.5 Å². The quantitative estimate of drug-likeness (QED) is 0.767. The topological polar surface area (TPSA) is 108 Å². The lowest BCUT2D eigenvalue weighted by Crippen LogP contribution is -2.37. The summed E-state index contributed by atoms with van der Waals surface area (Å²) >= 11 is 0. The number of hydrogen-bond donors (Lipinski definition) is 2. The molecule has 7 nitrogen and oxygen atoms in total. The molecule has 0 aromatic heterocycles. The Kier molecular flexibility index (Phi) is 3.76. The second kappa shape index (κ2) is 5.20. The molecule has 1 aromatic carbocycles. The van der Waals surface area contributed by atoms with Crippen LogP contribution >= 0.6 is 0 Å². The molecule has 110 valence electrons. The van der Waals surface area contributed by atoms with Crippen LogP contribution in [-0.2, 0) is 9.84 Å². The van der Waals surface area contributed by atoms with Gasteiger partial charge in [-0.25, -0.2) is 8.42 Å². The van der Waals surface area contributed by atoms with Gasteiger partial charge in [-0.3, -0.25) is 4.79 Å². The van der Waals surface area contributed by atoms with E-state index in [9.17, 15) is 13.2 Å². The van der Waals surface area contributed by atoms with E-state index in [0.717, 1.165) is 6.26 Å². The van der Waals surface area contributed by atoms with Crippen molar-refractivity contribution in [1.82, 2.24) is 5.32 Å². The number of carbonyl (C=O) groups excluding carboxylic acids is 1. The van der Waals surface area contributed by atoms with Crippen LogP contribution in [0.2, 0.25) is 0 Å². The van der Waals surface area contributed by atoms with Crippen LogP contribution < -0.4 is 20.5 Å². The van der Waals surface area contributed by atoms with Crippen molar-refractivity contribution >= 4 is 21.4 Å². The van der Waals surface area contributed by atoms with Crippen LogP contribution in [0.4, 0.5) is 5.69 Å². The summed E-state index contributed by atoms with van der Waals surface area (Å²) in [6, 6.07) is 2.49. The molecular formula is C12H16N2O5S. The van der Waals surface area contributed by atoms with Crippen LogP contribution in [-0.4, -0.2) is 39.2 Å². The standard InChI is InChI=1S/C12H16N2O5S/c1-7(5-20(2,16)17)14-12(15)8-3-10-11(4-9(8)13)19-6-18-10/h3-4,7H,5-6,13H2,1-2H3,(H,14,15). The Balaban J connectivity index is 2.14. The molecule has 1 aromatic rings. The summed E-state index contributed by atoms with van der Waals surface area (Å²) in [7, 11) is -3.16. The van der Waals surface area contributed by atoms with Gasteiger partial charge in [0.05, 0.1) is 11.3 Å². The van der Waals surface area contributed by atoms with Gasteiger partial charge in [0.2, 0.25) is 6.79 Å². The number of nitrogen functional groups attached to an aromatic ring is 1. The number of sulfone groups is 1. The lowest BCUT2D eigenvalue weighted by molar-refractivity contribution is 0.0944. The van der Waals surface area contributed by atoms with Crippen LogP contribution in [0.3, 0.4) is 0 Å². The molecule has 1 amide bonds. The fourth-order valence-corrected chi connectivity index (χ4v) is 2.94. The van der Waals surface area contributed by atoms with E-state index in [-0.39, 0.29) is 23.8 Å². The lowest BCUT2D eigenvalue weighted by Gasteiger charge is -2.14. The second-order valence-corrected chi connectivity index (χ2v) is 6.94. The minimum absolute atomic E-state index is 0.0876. The number of fused-ring (bicyclic) bond motifs is 1. The number of anilines is 1. The zero-order valence-electron chi connectivity index (χ0n) is 11.2. The van der Waals surface area contributed by atoms with Gasteiger partial charge in [-0.1, -0.05) is 0 Å². The predicted molar refractivity (Wildman–Crippen MR) is 73.6 cm³/mol. The molecule has 1 aliphatic rings. The summed E-state index contributed by atoms with van der Waals surface area (Å²) in [6.45, 7) is 1.70. The minimum Gasteiger partial charge on any atom is -0.454 e. The molecule has 2 rings (SSSR count). The molecule has 8 heteroatoms. The van der Waals surface area contributed by atoms with Gasteiger partial charge in [-0.05, 0) is 13.0 Å². The summed E-state index contributed by atoms with van der Waals surface area (Å²) < 4.78 is 32.7. The fourth-order valence-electron chi connectivity index (χ4n) is 1.95. The highest BCUT2D eigenvalue weighted by molar-refractivity contribution is 7.90. The minimum atomic E-state index is -3.16. The Morgan fingerprint density at radius 2 is 2.00 bits per heavy atom. The highest BCUT2D eigenvalue weighted by Gasteiger charge is 2.21. The summed E-state index contributed by atoms with van der Waals surface area (Å²) in [5.74, 6) is 0.351. The van der Waals surface area contributed by atoms with Gasteiger partial charge in [0.25, 0.3) is 5.91 Å².